The average Bonchev–Trinajstić information content (AvgIpc) is 3.07. The predicted molar refractivity (Wildman–Crippen MR) is 106 cm³/mol. The maximum absolute atomic E-state index is 4.77. The van der Waals surface area contributed by atoms with Gasteiger partial charge in [-0.1, -0.05) is 43.0 Å². The Balaban J connectivity index is 1.76. The van der Waals surface area contributed by atoms with Crippen LogP contribution < -0.4 is 10.6 Å². The number of nitrogens with one attached hydrogen (secondary N) is 2. The molecular weight excluding hydrogens is 306 g/mol. The molecule has 0 amide bonds. The van der Waals surface area contributed by atoms with Crippen molar-refractivity contribution < 1.29 is 0 Å². The lowest BCUT2D eigenvalue weighted by Crippen LogP contribution is -2.28. The second-order valence-corrected chi connectivity index (χ2v) is 6.27. The van der Waals surface area contributed by atoms with Gasteiger partial charge in [-0.3, -0.25) is 0 Å². The van der Waals surface area contributed by atoms with E-state index in [1.807, 2.05) is 31.4 Å². The van der Waals surface area contributed by atoms with Crippen molar-refractivity contribution in [2.45, 2.75) is 32.9 Å². The smallest absolute Gasteiger partial charge is 0.161 e. The number of amidine groups is 1. The number of aliphatic imine (C=N–C) groups is 1. The zero-order chi connectivity index (χ0) is 17.6. The van der Waals surface area contributed by atoms with Gasteiger partial charge in [0, 0.05) is 5.56 Å². The fourth-order valence-corrected chi connectivity index (χ4v) is 2.97. The quantitative estimate of drug-likeness (QED) is 0.763. The highest BCUT2D eigenvalue weighted by Gasteiger charge is 2.24. The van der Waals surface area contributed by atoms with Gasteiger partial charge in [-0.05, 0) is 67.8 Å². The molecule has 2 aliphatic rings. The van der Waals surface area contributed by atoms with Crippen LogP contribution in [0.2, 0.25) is 0 Å². The Morgan fingerprint density at radius 3 is 3.00 bits per heavy atom. The Morgan fingerprint density at radius 1 is 1.36 bits per heavy atom. The van der Waals surface area contributed by atoms with Crippen molar-refractivity contribution in [2.75, 3.05) is 0 Å². The summed E-state index contributed by atoms with van der Waals surface area (Å²) in [5.74, 6) is 0.945. The molecule has 0 radical (unpaired) electrons. The highest BCUT2D eigenvalue weighted by molar-refractivity contribution is 6.03. The molecule has 2 N–H and O–H groups in total. The second kappa shape index (κ2) is 7.84. The van der Waals surface area contributed by atoms with E-state index in [0.717, 1.165) is 24.4 Å². The molecule has 3 heteroatoms. The highest BCUT2D eigenvalue weighted by Crippen LogP contribution is 2.20. The van der Waals surface area contributed by atoms with Gasteiger partial charge in [0.1, 0.15) is 5.84 Å². The van der Waals surface area contributed by atoms with E-state index < -0.39 is 0 Å². The van der Waals surface area contributed by atoms with Crippen LogP contribution in [-0.2, 0) is 6.42 Å². The van der Waals surface area contributed by atoms with E-state index in [2.05, 4.69) is 60.6 Å². The van der Waals surface area contributed by atoms with E-state index in [1.165, 1.54) is 22.3 Å². The van der Waals surface area contributed by atoms with E-state index in [-0.39, 0.29) is 6.17 Å². The van der Waals surface area contributed by atoms with Crippen molar-refractivity contribution in [3.05, 3.63) is 95.4 Å². The molecule has 1 atom stereocenters. The van der Waals surface area contributed by atoms with Gasteiger partial charge in [-0.2, -0.15) is 0 Å². The lowest BCUT2D eigenvalue weighted by atomic mass is 9.99. The minimum absolute atomic E-state index is 0.0131. The summed E-state index contributed by atoms with van der Waals surface area (Å²) in [5.41, 5.74) is 6.07. The summed E-state index contributed by atoms with van der Waals surface area (Å²) in [6, 6.07) is 6.64. The van der Waals surface area contributed by atoms with E-state index in [1.54, 1.807) is 0 Å². The van der Waals surface area contributed by atoms with Crippen LogP contribution >= 0.6 is 0 Å². The number of dihydropyridines is 1. The molecule has 1 unspecified atom stereocenters. The Morgan fingerprint density at radius 2 is 2.24 bits per heavy atom. The average molecular weight is 331 g/mol. The first kappa shape index (κ1) is 17.0. The molecule has 0 fully saturated rings. The Bertz CT molecular complexity index is 807. The van der Waals surface area contributed by atoms with Gasteiger partial charge in [0.25, 0.3) is 0 Å². The molecule has 0 saturated heterocycles. The summed E-state index contributed by atoms with van der Waals surface area (Å²) in [7, 11) is 0. The minimum atomic E-state index is 0.0131. The van der Waals surface area contributed by atoms with E-state index >= 15 is 0 Å². The molecule has 3 rings (SSSR count). The maximum Gasteiger partial charge on any atom is 0.161 e. The minimum Gasteiger partial charge on any atom is -0.365 e. The van der Waals surface area contributed by atoms with Crippen LogP contribution in [0.5, 0.6) is 0 Å². The molecule has 3 nitrogen and oxygen atoms in total. The van der Waals surface area contributed by atoms with E-state index in [9.17, 15) is 0 Å². The van der Waals surface area contributed by atoms with Crippen LogP contribution in [0.3, 0.4) is 0 Å². The lowest BCUT2D eigenvalue weighted by molar-refractivity contribution is 0.697. The van der Waals surface area contributed by atoms with Crippen LogP contribution in [-0.4, -0.2) is 12.0 Å². The third-order valence-corrected chi connectivity index (χ3v) is 4.47. The topological polar surface area (TPSA) is 36.4 Å². The first-order valence-electron chi connectivity index (χ1n) is 8.73. The molecule has 0 saturated carbocycles. The molecule has 0 aliphatic carbocycles. The van der Waals surface area contributed by atoms with Crippen LogP contribution in [0.1, 0.15) is 30.0 Å². The number of hydrogen-bond acceptors (Lipinski definition) is 3. The Hall–Kier alpha value is -2.81. The van der Waals surface area contributed by atoms with Crippen LogP contribution in [0.15, 0.2) is 83.7 Å². The van der Waals surface area contributed by atoms with Crippen molar-refractivity contribution in [3.63, 3.8) is 0 Å². The summed E-state index contributed by atoms with van der Waals surface area (Å²) < 4.78 is 0. The number of fused-ring (bicyclic) bond motifs is 1. The van der Waals surface area contributed by atoms with E-state index in [0.29, 0.717) is 0 Å². The SMILES string of the molecule is C=C/C(=C\C=C/C)CCc1ccc(C)c(C2=NC3NC=CC=C3N2)c1. The van der Waals surface area contributed by atoms with Gasteiger partial charge in [-0.15, -0.1) is 0 Å². The maximum atomic E-state index is 4.77. The monoisotopic (exact) mass is 331 g/mol. The first-order chi connectivity index (χ1) is 12.2. The summed E-state index contributed by atoms with van der Waals surface area (Å²) >= 11 is 0. The molecule has 1 aromatic carbocycles. The third kappa shape index (κ3) is 4.00. The van der Waals surface area contributed by atoms with Crippen molar-refractivity contribution >= 4 is 5.84 Å². The molecule has 128 valence electrons. The summed E-state index contributed by atoms with van der Waals surface area (Å²) in [5, 5.41) is 6.70. The summed E-state index contributed by atoms with van der Waals surface area (Å²) in [6.45, 7) is 8.07. The zero-order valence-electron chi connectivity index (χ0n) is 14.9. The van der Waals surface area contributed by atoms with Crippen molar-refractivity contribution in [3.8, 4) is 0 Å². The van der Waals surface area contributed by atoms with Gasteiger partial charge in [0.2, 0.25) is 0 Å². The van der Waals surface area contributed by atoms with Gasteiger partial charge in [-0.25, -0.2) is 4.99 Å². The van der Waals surface area contributed by atoms with Gasteiger partial charge >= 0.3 is 0 Å². The highest BCUT2D eigenvalue weighted by atomic mass is 15.2. The molecule has 2 heterocycles. The van der Waals surface area contributed by atoms with Gasteiger partial charge in [0.15, 0.2) is 6.17 Å². The van der Waals surface area contributed by atoms with Crippen LogP contribution in [0.4, 0.5) is 0 Å². The number of benzene rings is 1. The number of aryl methyl sites for hydroxylation is 2. The normalized spacial score (nSPS) is 19.1. The largest absolute Gasteiger partial charge is 0.365 e. The molecule has 2 aliphatic heterocycles. The summed E-state index contributed by atoms with van der Waals surface area (Å²) in [6.07, 6.45) is 16.1. The molecule has 1 aromatic rings. The summed E-state index contributed by atoms with van der Waals surface area (Å²) in [4.78, 5) is 4.77. The standard InChI is InChI=1S/C22H25N3/c1-4-6-8-17(5-2)12-13-18-11-10-16(3)19(15-18)21-24-20-9-7-14-23-22(20)25-21/h4-11,14-15,22-23H,2,12-13H2,1,3H3,(H,24,25)/b6-4-,17-8+. The fourth-order valence-electron chi connectivity index (χ4n) is 2.97. The number of nitrogens with zero attached hydrogens (tertiary/aromatic N) is 1. The lowest BCUT2D eigenvalue weighted by Gasteiger charge is -2.12. The first-order valence-corrected chi connectivity index (χ1v) is 8.73. The van der Waals surface area contributed by atoms with Gasteiger partial charge in [0.05, 0.1) is 5.70 Å². The van der Waals surface area contributed by atoms with E-state index in [4.69, 9.17) is 4.99 Å². The number of allylic oxidation sites excluding steroid dienone is 7. The number of hydrogen-bond donors (Lipinski definition) is 2. The number of rotatable bonds is 6. The van der Waals surface area contributed by atoms with Crippen molar-refractivity contribution in [1.82, 2.24) is 10.6 Å². The fraction of sp³-hybridized carbons (Fsp3) is 0.227. The molecule has 0 spiro atoms. The molecular formula is C22H25N3. The van der Waals surface area contributed by atoms with Crippen LogP contribution in [0.25, 0.3) is 0 Å². The Labute approximate surface area is 150 Å². The van der Waals surface area contributed by atoms with Crippen molar-refractivity contribution in [1.29, 1.82) is 0 Å². The van der Waals surface area contributed by atoms with Crippen LogP contribution in [0, 0.1) is 6.92 Å². The predicted octanol–water partition coefficient (Wildman–Crippen LogP) is 4.29. The second-order valence-electron chi connectivity index (χ2n) is 6.27. The zero-order valence-corrected chi connectivity index (χ0v) is 14.9. The third-order valence-electron chi connectivity index (χ3n) is 4.47. The molecule has 0 aromatic heterocycles. The van der Waals surface area contributed by atoms with Gasteiger partial charge < -0.3 is 10.6 Å². The Kier molecular flexibility index (Phi) is 5.34. The van der Waals surface area contributed by atoms with Crippen molar-refractivity contribution in [2.24, 2.45) is 4.99 Å². The molecule has 25 heavy (non-hydrogen) atoms. The molecule has 0 bridgehead atoms.